The second-order valence-corrected chi connectivity index (χ2v) is 6.78. The van der Waals surface area contributed by atoms with Crippen molar-refractivity contribution >= 4 is 11.8 Å². The monoisotopic (exact) mass is 286 g/mol. The normalized spacial score (nSPS) is 27.5. The third-order valence-electron chi connectivity index (χ3n) is 4.64. The maximum absolute atomic E-state index is 12.7. The van der Waals surface area contributed by atoms with Crippen LogP contribution in [0.5, 0.6) is 0 Å². The molecule has 1 fully saturated rings. The van der Waals surface area contributed by atoms with Gasteiger partial charge in [0.15, 0.2) is 0 Å². The summed E-state index contributed by atoms with van der Waals surface area (Å²) in [6.45, 7) is 6.23. The molecular weight excluding hydrogens is 264 g/mol. The zero-order chi connectivity index (χ0) is 15.2. The molecule has 1 heterocycles. The molecule has 1 aliphatic carbocycles. The fraction of sp³-hybridized carbons (Fsp3) is 0.529. The lowest BCUT2D eigenvalue weighted by molar-refractivity contribution is -0.139. The smallest absolute Gasteiger partial charge is 0.248 e. The van der Waals surface area contributed by atoms with E-state index < -0.39 is 5.54 Å². The molecule has 0 bridgehead atoms. The Morgan fingerprint density at radius 3 is 2.67 bits per heavy atom. The zero-order valence-electron chi connectivity index (χ0n) is 12.8. The number of rotatable bonds is 2. The third kappa shape index (κ3) is 2.43. The van der Waals surface area contributed by atoms with Gasteiger partial charge in [-0.3, -0.25) is 9.59 Å². The summed E-state index contributed by atoms with van der Waals surface area (Å²) in [5.41, 5.74) is 1.91. The highest BCUT2D eigenvalue weighted by Crippen LogP contribution is 2.36. The van der Waals surface area contributed by atoms with Gasteiger partial charge in [-0.15, -0.1) is 0 Å². The Morgan fingerprint density at radius 2 is 1.95 bits per heavy atom. The maximum Gasteiger partial charge on any atom is 0.248 e. The van der Waals surface area contributed by atoms with Gasteiger partial charge in [0.1, 0.15) is 5.54 Å². The molecule has 2 unspecified atom stereocenters. The zero-order valence-corrected chi connectivity index (χ0v) is 12.8. The van der Waals surface area contributed by atoms with E-state index in [0.29, 0.717) is 18.9 Å². The summed E-state index contributed by atoms with van der Waals surface area (Å²) in [6, 6.07) is 8.35. The number of fused-ring (bicyclic) bond motifs is 1. The standard InChI is InChI=1S/C17H22N2O2/c1-11-8-15(20)18-17(2,3)16(21)19(11)10-13-9-12-6-4-5-7-14(12)13/h4-7,11,13H,8-10H2,1-3H3,(H,18,20). The average Bonchev–Trinajstić information content (AvgIpc) is 2.44. The van der Waals surface area contributed by atoms with Crippen molar-refractivity contribution in [3.63, 3.8) is 0 Å². The van der Waals surface area contributed by atoms with E-state index in [1.807, 2.05) is 17.9 Å². The molecule has 0 aromatic heterocycles. The van der Waals surface area contributed by atoms with Crippen LogP contribution in [-0.2, 0) is 16.0 Å². The Kier molecular flexibility index (Phi) is 3.27. The highest BCUT2D eigenvalue weighted by molar-refractivity contribution is 5.93. The van der Waals surface area contributed by atoms with E-state index in [2.05, 4.69) is 23.5 Å². The minimum absolute atomic E-state index is 0.0187. The second-order valence-electron chi connectivity index (χ2n) is 6.78. The van der Waals surface area contributed by atoms with Crippen LogP contribution in [0.2, 0.25) is 0 Å². The predicted molar refractivity (Wildman–Crippen MR) is 80.9 cm³/mol. The van der Waals surface area contributed by atoms with E-state index in [9.17, 15) is 9.59 Å². The maximum atomic E-state index is 12.7. The summed E-state index contributed by atoms with van der Waals surface area (Å²) in [7, 11) is 0. The largest absolute Gasteiger partial charge is 0.342 e. The van der Waals surface area contributed by atoms with Gasteiger partial charge in [0, 0.05) is 24.9 Å². The quantitative estimate of drug-likeness (QED) is 0.902. The van der Waals surface area contributed by atoms with Crippen LogP contribution < -0.4 is 5.32 Å². The highest BCUT2D eigenvalue weighted by Gasteiger charge is 2.41. The van der Waals surface area contributed by atoms with Gasteiger partial charge in [-0.1, -0.05) is 24.3 Å². The van der Waals surface area contributed by atoms with Crippen LogP contribution in [0.1, 0.15) is 44.2 Å². The Labute approximate surface area is 125 Å². The first-order valence-electron chi connectivity index (χ1n) is 7.58. The van der Waals surface area contributed by atoms with Gasteiger partial charge in [-0.2, -0.15) is 0 Å². The fourth-order valence-corrected chi connectivity index (χ4v) is 3.42. The number of nitrogens with one attached hydrogen (secondary N) is 1. The third-order valence-corrected chi connectivity index (χ3v) is 4.64. The van der Waals surface area contributed by atoms with Crippen molar-refractivity contribution in [3.05, 3.63) is 35.4 Å². The molecule has 1 aromatic rings. The SMILES string of the molecule is CC1CC(=O)NC(C)(C)C(=O)N1CC1Cc2ccccc21. The van der Waals surface area contributed by atoms with Gasteiger partial charge in [0.25, 0.3) is 0 Å². The number of amides is 2. The molecule has 1 saturated heterocycles. The van der Waals surface area contributed by atoms with Crippen molar-refractivity contribution in [2.45, 2.75) is 51.1 Å². The topological polar surface area (TPSA) is 49.4 Å². The summed E-state index contributed by atoms with van der Waals surface area (Å²) in [6.07, 6.45) is 1.40. The van der Waals surface area contributed by atoms with Crippen LogP contribution in [0.3, 0.4) is 0 Å². The van der Waals surface area contributed by atoms with E-state index in [1.165, 1.54) is 11.1 Å². The van der Waals surface area contributed by atoms with Crippen LogP contribution in [0.4, 0.5) is 0 Å². The first kappa shape index (κ1) is 14.1. The molecule has 4 heteroatoms. The van der Waals surface area contributed by atoms with Crippen molar-refractivity contribution in [1.29, 1.82) is 0 Å². The molecule has 21 heavy (non-hydrogen) atoms. The van der Waals surface area contributed by atoms with Gasteiger partial charge in [-0.25, -0.2) is 0 Å². The molecule has 112 valence electrons. The molecule has 4 nitrogen and oxygen atoms in total. The lowest BCUT2D eigenvalue weighted by atomic mass is 9.77. The number of carbonyl (C=O) groups is 2. The van der Waals surface area contributed by atoms with Crippen molar-refractivity contribution in [1.82, 2.24) is 10.2 Å². The molecule has 0 saturated carbocycles. The van der Waals surface area contributed by atoms with Gasteiger partial charge in [-0.05, 0) is 38.3 Å². The number of hydrogen-bond acceptors (Lipinski definition) is 2. The summed E-state index contributed by atoms with van der Waals surface area (Å²) >= 11 is 0. The lowest BCUT2D eigenvalue weighted by Crippen LogP contribution is -2.54. The highest BCUT2D eigenvalue weighted by atomic mass is 16.2. The van der Waals surface area contributed by atoms with Crippen LogP contribution in [0.15, 0.2) is 24.3 Å². The van der Waals surface area contributed by atoms with E-state index in [0.717, 1.165) is 6.42 Å². The van der Waals surface area contributed by atoms with Gasteiger partial charge >= 0.3 is 0 Å². The molecule has 1 aliphatic heterocycles. The number of benzene rings is 1. The predicted octanol–water partition coefficient (Wildman–Crippen LogP) is 1.84. The van der Waals surface area contributed by atoms with E-state index in [-0.39, 0.29) is 17.9 Å². The summed E-state index contributed by atoms with van der Waals surface area (Å²) < 4.78 is 0. The van der Waals surface area contributed by atoms with Crippen molar-refractivity contribution < 1.29 is 9.59 Å². The van der Waals surface area contributed by atoms with Crippen LogP contribution in [0.25, 0.3) is 0 Å². The first-order chi connectivity index (χ1) is 9.88. The van der Waals surface area contributed by atoms with E-state index >= 15 is 0 Å². The average molecular weight is 286 g/mol. The molecular formula is C17H22N2O2. The van der Waals surface area contributed by atoms with Crippen molar-refractivity contribution in [3.8, 4) is 0 Å². The molecule has 1 aromatic carbocycles. The van der Waals surface area contributed by atoms with Crippen molar-refractivity contribution in [2.75, 3.05) is 6.54 Å². The molecule has 1 N–H and O–H groups in total. The van der Waals surface area contributed by atoms with Crippen LogP contribution in [-0.4, -0.2) is 34.8 Å². The van der Waals surface area contributed by atoms with E-state index in [1.54, 1.807) is 13.8 Å². The first-order valence-corrected chi connectivity index (χ1v) is 7.58. The Bertz CT molecular complexity index is 594. The summed E-state index contributed by atoms with van der Waals surface area (Å²) in [4.78, 5) is 26.5. The fourth-order valence-electron chi connectivity index (χ4n) is 3.42. The Balaban J connectivity index is 1.81. The minimum atomic E-state index is -0.814. The van der Waals surface area contributed by atoms with Crippen LogP contribution in [0, 0.1) is 0 Å². The van der Waals surface area contributed by atoms with E-state index in [4.69, 9.17) is 0 Å². The lowest BCUT2D eigenvalue weighted by Gasteiger charge is -2.38. The van der Waals surface area contributed by atoms with Gasteiger partial charge < -0.3 is 10.2 Å². The summed E-state index contributed by atoms with van der Waals surface area (Å²) in [5, 5.41) is 2.83. The Morgan fingerprint density at radius 1 is 1.24 bits per heavy atom. The molecule has 3 rings (SSSR count). The number of carbonyl (C=O) groups excluding carboxylic acids is 2. The van der Waals surface area contributed by atoms with Gasteiger partial charge in [0.2, 0.25) is 11.8 Å². The molecule has 2 aliphatic rings. The molecule has 2 atom stereocenters. The second kappa shape index (κ2) is 4.86. The van der Waals surface area contributed by atoms with Crippen LogP contribution >= 0.6 is 0 Å². The minimum Gasteiger partial charge on any atom is -0.342 e. The Hall–Kier alpha value is -1.84. The molecule has 2 amide bonds. The molecule has 0 radical (unpaired) electrons. The number of nitrogens with zero attached hydrogens (tertiary/aromatic N) is 1. The van der Waals surface area contributed by atoms with Crippen molar-refractivity contribution in [2.24, 2.45) is 0 Å². The molecule has 0 spiro atoms. The van der Waals surface area contributed by atoms with Gasteiger partial charge in [0.05, 0.1) is 0 Å². The summed E-state index contributed by atoms with van der Waals surface area (Å²) in [5.74, 6) is 0.374. The number of hydrogen-bond donors (Lipinski definition) is 1.